The van der Waals surface area contributed by atoms with Gasteiger partial charge in [-0.1, -0.05) is 5.11 Å². The van der Waals surface area contributed by atoms with Gasteiger partial charge in [-0.2, -0.15) is 26.3 Å². The third kappa shape index (κ3) is 6.20. The minimum atomic E-state index is -4.94. The van der Waals surface area contributed by atoms with Crippen LogP contribution >= 0.6 is 12.2 Å². The van der Waals surface area contributed by atoms with Crippen LogP contribution in [0.5, 0.6) is 0 Å². The van der Waals surface area contributed by atoms with Crippen LogP contribution in [0.15, 0.2) is 23.3 Å². The Morgan fingerprint density at radius 3 is 2.04 bits per heavy atom. The molecular formula is C11H9F6N5S. The van der Waals surface area contributed by atoms with Crippen molar-refractivity contribution in [1.82, 2.24) is 5.32 Å². The standard InChI is InChI=1S/C11H9F6N5S/c12-10(13,14)6-3-7(11(15,16)17)5-8(4-6)21-9(23)19-1-2-20-22-18/h3-5H,1-2H2,(H2,19,21,23). The van der Waals surface area contributed by atoms with Crippen molar-refractivity contribution in [2.75, 3.05) is 18.4 Å². The van der Waals surface area contributed by atoms with Crippen LogP contribution in [0.25, 0.3) is 10.4 Å². The van der Waals surface area contributed by atoms with E-state index in [4.69, 9.17) is 17.7 Å². The first kappa shape index (κ1) is 18.8. The molecule has 0 aliphatic carbocycles. The summed E-state index contributed by atoms with van der Waals surface area (Å²) in [5.41, 5.74) is 4.68. The Bertz CT molecular complexity index is 588. The van der Waals surface area contributed by atoms with Crippen LogP contribution in [0.4, 0.5) is 32.0 Å². The number of alkyl halides is 6. The molecule has 0 saturated carbocycles. The number of azide groups is 1. The van der Waals surface area contributed by atoms with Crippen LogP contribution in [-0.4, -0.2) is 18.2 Å². The fourth-order valence-electron chi connectivity index (χ4n) is 1.47. The van der Waals surface area contributed by atoms with Crippen molar-refractivity contribution in [1.29, 1.82) is 0 Å². The zero-order valence-corrected chi connectivity index (χ0v) is 12.0. The second-order valence-electron chi connectivity index (χ2n) is 4.13. The highest BCUT2D eigenvalue weighted by Gasteiger charge is 2.36. The molecule has 0 atom stereocenters. The third-order valence-corrected chi connectivity index (χ3v) is 2.65. The van der Waals surface area contributed by atoms with Crippen LogP contribution in [0.2, 0.25) is 0 Å². The van der Waals surface area contributed by atoms with Crippen molar-refractivity contribution in [2.24, 2.45) is 5.11 Å². The molecule has 5 nitrogen and oxygen atoms in total. The molecule has 126 valence electrons. The molecule has 23 heavy (non-hydrogen) atoms. The van der Waals surface area contributed by atoms with Gasteiger partial charge in [-0.05, 0) is 35.9 Å². The number of thiocarbonyl (C=S) groups is 1. The van der Waals surface area contributed by atoms with Gasteiger partial charge in [0, 0.05) is 23.7 Å². The second-order valence-corrected chi connectivity index (χ2v) is 4.54. The van der Waals surface area contributed by atoms with E-state index in [-0.39, 0.29) is 24.3 Å². The molecule has 0 aliphatic rings. The first-order valence-corrected chi connectivity index (χ1v) is 6.30. The molecule has 1 aromatic carbocycles. The third-order valence-electron chi connectivity index (χ3n) is 2.41. The minimum Gasteiger partial charge on any atom is -0.362 e. The molecule has 0 radical (unpaired) electrons. The molecule has 0 amide bonds. The smallest absolute Gasteiger partial charge is 0.362 e. The van der Waals surface area contributed by atoms with Crippen LogP contribution < -0.4 is 10.6 Å². The highest BCUT2D eigenvalue weighted by Crippen LogP contribution is 2.37. The molecule has 0 spiro atoms. The summed E-state index contributed by atoms with van der Waals surface area (Å²) < 4.78 is 76.0. The van der Waals surface area contributed by atoms with Crippen molar-refractivity contribution < 1.29 is 26.3 Å². The summed E-state index contributed by atoms with van der Waals surface area (Å²) in [4.78, 5) is 2.47. The molecule has 0 aliphatic heterocycles. The highest BCUT2D eigenvalue weighted by molar-refractivity contribution is 7.80. The molecule has 12 heteroatoms. The predicted octanol–water partition coefficient (Wildman–Crippen LogP) is 4.32. The summed E-state index contributed by atoms with van der Waals surface area (Å²) in [6, 6.07) is 1.04. The van der Waals surface area contributed by atoms with Crippen molar-refractivity contribution in [3.63, 3.8) is 0 Å². The zero-order chi connectivity index (χ0) is 17.7. The average molecular weight is 357 g/mol. The molecule has 0 bridgehead atoms. The topological polar surface area (TPSA) is 72.8 Å². The van der Waals surface area contributed by atoms with Gasteiger partial charge in [0.2, 0.25) is 0 Å². The van der Waals surface area contributed by atoms with E-state index in [1.54, 1.807) is 0 Å². The number of hydrogen-bond donors (Lipinski definition) is 2. The fraction of sp³-hybridized carbons (Fsp3) is 0.364. The lowest BCUT2D eigenvalue weighted by Gasteiger charge is -2.16. The Hall–Kier alpha value is -2.20. The average Bonchev–Trinajstić information content (AvgIpc) is 2.41. The SMILES string of the molecule is [N-]=[N+]=NCCNC(=S)Nc1cc(C(F)(F)F)cc(C(F)(F)F)c1. The number of rotatable bonds is 4. The lowest BCUT2D eigenvalue weighted by atomic mass is 10.1. The Labute approximate surface area is 131 Å². The van der Waals surface area contributed by atoms with Crippen molar-refractivity contribution in [3.8, 4) is 0 Å². The van der Waals surface area contributed by atoms with Gasteiger partial charge in [-0.3, -0.25) is 0 Å². The van der Waals surface area contributed by atoms with Gasteiger partial charge in [-0.15, -0.1) is 0 Å². The fourth-order valence-corrected chi connectivity index (χ4v) is 1.69. The van der Waals surface area contributed by atoms with Crippen LogP contribution in [0.1, 0.15) is 11.1 Å². The normalized spacial score (nSPS) is 11.6. The maximum Gasteiger partial charge on any atom is 0.416 e. The molecule has 0 aromatic heterocycles. The van der Waals surface area contributed by atoms with Crippen molar-refractivity contribution >= 4 is 23.0 Å². The summed E-state index contributed by atoms with van der Waals surface area (Å²) in [5.74, 6) is 0. The monoisotopic (exact) mass is 357 g/mol. The van der Waals surface area contributed by atoms with Gasteiger partial charge in [-0.25, -0.2) is 0 Å². The summed E-state index contributed by atoms with van der Waals surface area (Å²) >= 11 is 4.74. The second kappa shape index (κ2) is 7.38. The van der Waals surface area contributed by atoms with Gasteiger partial charge in [0.15, 0.2) is 5.11 Å². The summed E-state index contributed by atoms with van der Waals surface area (Å²) in [6.07, 6.45) is -9.87. The van der Waals surface area contributed by atoms with Gasteiger partial charge in [0.05, 0.1) is 11.1 Å². The van der Waals surface area contributed by atoms with Crippen LogP contribution in [-0.2, 0) is 12.4 Å². The van der Waals surface area contributed by atoms with E-state index in [1.165, 1.54) is 0 Å². The van der Waals surface area contributed by atoms with Crippen molar-refractivity contribution in [2.45, 2.75) is 12.4 Å². The van der Waals surface area contributed by atoms with Gasteiger partial charge in [0.1, 0.15) is 0 Å². The van der Waals surface area contributed by atoms with E-state index in [9.17, 15) is 26.3 Å². The first-order valence-electron chi connectivity index (χ1n) is 5.89. The largest absolute Gasteiger partial charge is 0.416 e. The molecule has 0 fully saturated rings. The predicted molar refractivity (Wildman–Crippen MR) is 74.7 cm³/mol. The highest BCUT2D eigenvalue weighted by atomic mass is 32.1. The van der Waals surface area contributed by atoms with Gasteiger partial charge < -0.3 is 10.6 Å². The molecule has 1 aromatic rings. The molecule has 0 heterocycles. The van der Waals surface area contributed by atoms with Crippen LogP contribution in [0.3, 0.4) is 0 Å². The van der Waals surface area contributed by atoms with E-state index in [0.717, 1.165) is 0 Å². The summed E-state index contributed by atoms with van der Waals surface area (Å²) in [6.45, 7) is 0.0791. The lowest BCUT2D eigenvalue weighted by Crippen LogP contribution is -2.30. The maximum atomic E-state index is 12.7. The zero-order valence-electron chi connectivity index (χ0n) is 11.2. The number of halogens is 6. The number of anilines is 1. The number of benzene rings is 1. The molecule has 1 rings (SSSR count). The maximum absolute atomic E-state index is 12.7. The Kier molecular flexibility index (Phi) is 6.05. The van der Waals surface area contributed by atoms with Gasteiger partial charge in [0.25, 0.3) is 0 Å². The van der Waals surface area contributed by atoms with E-state index in [1.807, 2.05) is 0 Å². The van der Waals surface area contributed by atoms with Gasteiger partial charge >= 0.3 is 12.4 Å². The first-order chi connectivity index (χ1) is 10.5. The summed E-state index contributed by atoms with van der Waals surface area (Å²) in [7, 11) is 0. The molecule has 0 unspecified atom stereocenters. The molecular weight excluding hydrogens is 348 g/mol. The van der Waals surface area contributed by atoms with E-state index in [2.05, 4.69) is 20.7 Å². The summed E-state index contributed by atoms with van der Waals surface area (Å²) in [5, 5.41) is 7.68. The molecule has 2 N–H and O–H groups in total. The number of hydrogen-bond acceptors (Lipinski definition) is 2. The van der Waals surface area contributed by atoms with E-state index < -0.39 is 29.2 Å². The lowest BCUT2D eigenvalue weighted by molar-refractivity contribution is -0.143. The Morgan fingerprint density at radius 2 is 1.61 bits per heavy atom. The quantitative estimate of drug-likeness (QED) is 0.210. The number of nitrogens with one attached hydrogen (secondary N) is 2. The van der Waals surface area contributed by atoms with E-state index in [0.29, 0.717) is 12.1 Å². The Morgan fingerprint density at radius 1 is 1.09 bits per heavy atom. The van der Waals surface area contributed by atoms with E-state index >= 15 is 0 Å². The van der Waals surface area contributed by atoms with Crippen molar-refractivity contribution in [3.05, 3.63) is 39.8 Å². The van der Waals surface area contributed by atoms with Crippen LogP contribution in [0, 0.1) is 0 Å². The number of nitrogens with zero attached hydrogens (tertiary/aromatic N) is 3. The Balaban J connectivity index is 2.97. The molecule has 0 saturated heterocycles. The minimum absolute atomic E-state index is 0.00864.